The SMILES string of the molecule is Cc1c(C)c(O)c(CC[C@](C)(O)CCC[C@@H](C)CCC[C@@H](C)CCCC(C)C)c(C)c1O. The molecular formula is C29H52O3. The van der Waals surface area contributed by atoms with Crippen molar-refractivity contribution in [3.8, 4) is 11.5 Å². The van der Waals surface area contributed by atoms with E-state index in [9.17, 15) is 15.3 Å². The molecule has 1 aromatic rings. The van der Waals surface area contributed by atoms with Gasteiger partial charge in [-0.1, -0.05) is 79.1 Å². The van der Waals surface area contributed by atoms with Crippen LogP contribution in [0, 0.1) is 38.5 Å². The Balaban J connectivity index is 2.36. The minimum absolute atomic E-state index is 0.262. The Morgan fingerprint density at radius 1 is 0.656 bits per heavy atom. The topological polar surface area (TPSA) is 60.7 Å². The van der Waals surface area contributed by atoms with Crippen LogP contribution in [0.3, 0.4) is 0 Å². The molecule has 0 radical (unpaired) electrons. The van der Waals surface area contributed by atoms with Crippen molar-refractivity contribution >= 4 is 0 Å². The Morgan fingerprint density at radius 2 is 1.12 bits per heavy atom. The molecule has 1 rings (SSSR count). The average molecular weight is 449 g/mol. The second-order valence-corrected chi connectivity index (χ2v) is 11.4. The van der Waals surface area contributed by atoms with Gasteiger partial charge in [0.2, 0.25) is 0 Å². The highest BCUT2D eigenvalue weighted by Gasteiger charge is 2.23. The predicted molar refractivity (Wildman–Crippen MR) is 138 cm³/mol. The molecule has 3 atom stereocenters. The summed E-state index contributed by atoms with van der Waals surface area (Å²) in [6, 6.07) is 0. The van der Waals surface area contributed by atoms with Gasteiger partial charge in [0.25, 0.3) is 0 Å². The van der Waals surface area contributed by atoms with E-state index >= 15 is 0 Å². The van der Waals surface area contributed by atoms with Crippen molar-refractivity contribution in [1.29, 1.82) is 0 Å². The van der Waals surface area contributed by atoms with Crippen LogP contribution in [0.4, 0.5) is 0 Å². The van der Waals surface area contributed by atoms with Gasteiger partial charge in [-0.15, -0.1) is 0 Å². The second kappa shape index (κ2) is 13.5. The molecule has 3 nitrogen and oxygen atoms in total. The third kappa shape index (κ3) is 9.73. The molecule has 3 N–H and O–H groups in total. The number of hydrogen-bond donors (Lipinski definition) is 3. The molecule has 0 aromatic heterocycles. The number of phenols is 2. The summed E-state index contributed by atoms with van der Waals surface area (Å²) in [6.07, 6.45) is 12.1. The zero-order valence-electron chi connectivity index (χ0n) is 22.4. The fourth-order valence-electron chi connectivity index (χ4n) is 4.82. The number of aromatic hydroxyl groups is 2. The minimum atomic E-state index is -0.752. The normalized spacial score (nSPS) is 15.7. The molecule has 0 spiro atoms. The molecule has 0 unspecified atom stereocenters. The standard InChI is InChI=1S/C29H52O3/c1-20(2)12-9-13-21(3)14-10-15-22(4)16-11-18-29(8,32)19-17-26-25(7)27(30)23(5)24(6)28(26)31/h20-22,30-32H,9-19H2,1-8H3/t21-,22-,29+/m0/s1. The van der Waals surface area contributed by atoms with E-state index in [-0.39, 0.29) is 11.5 Å². The molecule has 0 saturated carbocycles. The van der Waals surface area contributed by atoms with Crippen molar-refractivity contribution in [2.45, 2.75) is 132 Å². The lowest BCUT2D eigenvalue weighted by Gasteiger charge is -2.25. The summed E-state index contributed by atoms with van der Waals surface area (Å²) in [5, 5.41) is 31.7. The lowest BCUT2D eigenvalue weighted by molar-refractivity contribution is 0.0384. The second-order valence-electron chi connectivity index (χ2n) is 11.4. The maximum Gasteiger partial charge on any atom is 0.122 e. The Hall–Kier alpha value is -1.22. The minimum Gasteiger partial charge on any atom is -0.507 e. The first-order chi connectivity index (χ1) is 14.9. The van der Waals surface area contributed by atoms with Gasteiger partial charge in [0, 0.05) is 5.56 Å². The van der Waals surface area contributed by atoms with E-state index in [1.165, 1.54) is 38.5 Å². The third-order valence-electron chi connectivity index (χ3n) is 7.56. The van der Waals surface area contributed by atoms with Crippen molar-refractivity contribution in [2.24, 2.45) is 17.8 Å². The van der Waals surface area contributed by atoms with Gasteiger partial charge in [0.05, 0.1) is 5.60 Å². The molecule has 0 aliphatic heterocycles. The largest absolute Gasteiger partial charge is 0.507 e. The zero-order valence-corrected chi connectivity index (χ0v) is 22.4. The molecule has 32 heavy (non-hydrogen) atoms. The molecule has 3 heteroatoms. The highest BCUT2D eigenvalue weighted by molar-refractivity contribution is 5.56. The van der Waals surface area contributed by atoms with E-state index in [0.29, 0.717) is 18.8 Å². The molecule has 0 aliphatic carbocycles. The quantitative estimate of drug-likeness (QED) is 0.237. The summed E-state index contributed by atoms with van der Waals surface area (Å²) < 4.78 is 0. The average Bonchev–Trinajstić information content (AvgIpc) is 2.70. The summed E-state index contributed by atoms with van der Waals surface area (Å²) in [5.41, 5.74) is 2.20. The van der Waals surface area contributed by atoms with Crippen LogP contribution in [0.15, 0.2) is 0 Å². The molecule has 0 fully saturated rings. The number of aliphatic hydroxyl groups is 1. The van der Waals surface area contributed by atoms with Crippen molar-refractivity contribution in [3.05, 3.63) is 22.3 Å². The smallest absolute Gasteiger partial charge is 0.122 e. The molecule has 0 amide bonds. The highest BCUT2D eigenvalue weighted by atomic mass is 16.3. The third-order valence-corrected chi connectivity index (χ3v) is 7.56. The fraction of sp³-hybridized carbons (Fsp3) is 0.793. The van der Waals surface area contributed by atoms with Gasteiger partial charge in [-0.2, -0.15) is 0 Å². The van der Waals surface area contributed by atoms with Crippen molar-refractivity contribution < 1.29 is 15.3 Å². The molecule has 0 aliphatic rings. The molecule has 0 heterocycles. The van der Waals surface area contributed by atoms with Crippen molar-refractivity contribution in [2.75, 3.05) is 0 Å². The Labute approximate surface area is 198 Å². The summed E-state index contributed by atoms with van der Waals surface area (Å²) in [6.45, 7) is 16.8. The molecular weight excluding hydrogens is 396 g/mol. The van der Waals surface area contributed by atoms with Crippen LogP contribution in [0.2, 0.25) is 0 Å². The highest BCUT2D eigenvalue weighted by Crippen LogP contribution is 2.38. The maximum atomic E-state index is 10.9. The van der Waals surface area contributed by atoms with Gasteiger partial charge in [-0.25, -0.2) is 0 Å². The number of hydrogen-bond acceptors (Lipinski definition) is 3. The number of phenolic OH excluding ortho intramolecular Hbond substituents is 2. The Morgan fingerprint density at radius 3 is 1.66 bits per heavy atom. The molecule has 1 aromatic carbocycles. The Bertz CT molecular complexity index is 661. The van der Waals surface area contributed by atoms with Crippen LogP contribution in [0.1, 0.15) is 121 Å². The summed E-state index contributed by atoms with van der Waals surface area (Å²) >= 11 is 0. The molecule has 186 valence electrons. The van der Waals surface area contributed by atoms with E-state index in [2.05, 4.69) is 27.7 Å². The first kappa shape index (κ1) is 28.8. The van der Waals surface area contributed by atoms with E-state index in [1.54, 1.807) is 0 Å². The summed E-state index contributed by atoms with van der Waals surface area (Å²) in [4.78, 5) is 0. The lowest BCUT2D eigenvalue weighted by Crippen LogP contribution is -2.25. The van der Waals surface area contributed by atoms with Gasteiger partial charge >= 0.3 is 0 Å². The van der Waals surface area contributed by atoms with Crippen LogP contribution >= 0.6 is 0 Å². The summed E-state index contributed by atoms with van der Waals surface area (Å²) in [5.74, 6) is 2.89. The van der Waals surface area contributed by atoms with Crippen LogP contribution in [-0.4, -0.2) is 20.9 Å². The monoisotopic (exact) mass is 448 g/mol. The van der Waals surface area contributed by atoms with Crippen molar-refractivity contribution in [3.63, 3.8) is 0 Å². The van der Waals surface area contributed by atoms with E-state index in [1.807, 2.05) is 27.7 Å². The maximum absolute atomic E-state index is 10.9. The Kier molecular flexibility index (Phi) is 12.1. The predicted octanol–water partition coefficient (Wildman–Crippen LogP) is 8.15. The summed E-state index contributed by atoms with van der Waals surface area (Å²) in [7, 11) is 0. The molecule has 0 saturated heterocycles. The van der Waals surface area contributed by atoms with Crippen LogP contribution < -0.4 is 0 Å². The van der Waals surface area contributed by atoms with Crippen LogP contribution in [-0.2, 0) is 6.42 Å². The van der Waals surface area contributed by atoms with Crippen LogP contribution in [0.5, 0.6) is 11.5 Å². The van der Waals surface area contributed by atoms with E-state index < -0.39 is 5.60 Å². The first-order valence-corrected chi connectivity index (χ1v) is 13.1. The van der Waals surface area contributed by atoms with Crippen LogP contribution in [0.25, 0.3) is 0 Å². The van der Waals surface area contributed by atoms with E-state index in [4.69, 9.17) is 0 Å². The lowest BCUT2D eigenvalue weighted by atomic mass is 9.86. The zero-order chi connectivity index (χ0) is 24.5. The first-order valence-electron chi connectivity index (χ1n) is 13.1. The van der Waals surface area contributed by atoms with E-state index in [0.717, 1.165) is 53.4 Å². The number of rotatable bonds is 15. The van der Waals surface area contributed by atoms with Gasteiger partial charge in [0.1, 0.15) is 11.5 Å². The number of benzene rings is 1. The molecule has 0 bridgehead atoms. The fourth-order valence-corrected chi connectivity index (χ4v) is 4.82. The van der Waals surface area contributed by atoms with Gasteiger partial charge < -0.3 is 15.3 Å². The van der Waals surface area contributed by atoms with Gasteiger partial charge in [0.15, 0.2) is 0 Å². The van der Waals surface area contributed by atoms with Gasteiger partial charge in [-0.05, 0) is 81.4 Å². The van der Waals surface area contributed by atoms with Gasteiger partial charge in [-0.3, -0.25) is 0 Å². The van der Waals surface area contributed by atoms with Crippen molar-refractivity contribution in [1.82, 2.24) is 0 Å².